The summed E-state index contributed by atoms with van der Waals surface area (Å²) < 4.78 is 25.7. The number of ether oxygens (including phenoxy) is 1. The Balaban J connectivity index is 1.25. The Morgan fingerprint density at radius 1 is 0.941 bits per heavy atom. The standard InChI is InChI=1S/C28H30FN3O2/c1-17(2)33-23-11-8-21(9-12-23)28-32-31-27(34-28)18(3)19-4-6-20(7-5-19)24-14-15-30-26-13-10-22(29)16-25(24)26/h8-20H,4-7H2,1-3H3. The summed E-state index contributed by atoms with van der Waals surface area (Å²) in [5, 5.41) is 9.60. The van der Waals surface area contributed by atoms with Crippen molar-refractivity contribution < 1.29 is 13.5 Å². The minimum Gasteiger partial charge on any atom is -0.491 e. The zero-order chi connectivity index (χ0) is 23.7. The highest BCUT2D eigenvalue weighted by molar-refractivity contribution is 5.82. The van der Waals surface area contributed by atoms with Gasteiger partial charge in [-0.05, 0) is 105 Å². The van der Waals surface area contributed by atoms with Gasteiger partial charge in [-0.25, -0.2) is 4.39 Å². The number of pyridine rings is 1. The van der Waals surface area contributed by atoms with Crippen LogP contribution in [0, 0.1) is 11.7 Å². The van der Waals surface area contributed by atoms with Crippen LogP contribution in [0.15, 0.2) is 59.1 Å². The molecule has 5 nitrogen and oxygen atoms in total. The first-order chi connectivity index (χ1) is 16.5. The van der Waals surface area contributed by atoms with Gasteiger partial charge in [-0.2, -0.15) is 0 Å². The second kappa shape index (κ2) is 9.53. The van der Waals surface area contributed by atoms with Crippen molar-refractivity contribution in [2.45, 2.75) is 64.4 Å². The topological polar surface area (TPSA) is 61.0 Å². The van der Waals surface area contributed by atoms with Gasteiger partial charge in [0.05, 0.1) is 11.6 Å². The molecule has 0 radical (unpaired) electrons. The molecule has 4 aromatic rings. The third kappa shape index (κ3) is 4.67. The molecular formula is C28H30FN3O2. The number of aromatic nitrogens is 3. The average molecular weight is 460 g/mol. The Morgan fingerprint density at radius 3 is 2.44 bits per heavy atom. The molecule has 1 unspecified atom stereocenters. The van der Waals surface area contributed by atoms with E-state index < -0.39 is 0 Å². The fourth-order valence-electron chi connectivity index (χ4n) is 5.11. The molecule has 1 fully saturated rings. The maximum Gasteiger partial charge on any atom is 0.247 e. The molecular weight excluding hydrogens is 429 g/mol. The second-order valence-corrected chi connectivity index (χ2v) is 9.60. The highest BCUT2D eigenvalue weighted by atomic mass is 19.1. The van der Waals surface area contributed by atoms with Crippen molar-refractivity contribution in [3.63, 3.8) is 0 Å². The molecule has 1 atom stereocenters. The summed E-state index contributed by atoms with van der Waals surface area (Å²) in [5.74, 6) is 2.94. The van der Waals surface area contributed by atoms with Crippen LogP contribution in [0.1, 0.15) is 69.7 Å². The van der Waals surface area contributed by atoms with E-state index in [0.29, 0.717) is 23.6 Å². The molecule has 176 valence electrons. The summed E-state index contributed by atoms with van der Waals surface area (Å²) in [6.45, 7) is 6.19. The van der Waals surface area contributed by atoms with Gasteiger partial charge in [0.15, 0.2) is 0 Å². The van der Waals surface area contributed by atoms with Gasteiger partial charge in [0.2, 0.25) is 11.8 Å². The smallest absolute Gasteiger partial charge is 0.247 e. The number of hydrogen-bond acceptors (Lipinski definition) is 5. The predicted molar refractivity (Wildman–Crippen MR) is 130 cm³/mol. The minimum absolute atomic E-state index is 0.134. The molecule has 0 amide bonds. The van der Waals surface area contributed by atoms with Crippen molar-refractivity contribution in [1.82, 2.24) is 15.2 Å². The number of rotatable bonds is 6. The Morgan fingerprint density at radius 2 is 1.71 bits per heavy atom. The van der Waals surface area contributed by atoms with Crippen LogP contribution < -0.4 is 4.74 Å². The quantitative estimate of drug-likeness (QED) is 0.303. The molecule has 0 saturated heterocycles. The third-order valence-corrected chi connectivity index (χ3v) is 6.96. The van der Waals surface area contributed by atoms with Gasteiger partial charge < -0.3 is 9.15 Å². The lowest BCUT2D eigenvalue weighted by Gasteiger charge is -2.31. The first-order valence-corrected chi connectivity index (χ1v) is 12.1. The second-order valence-electron chi connectivity index (χ2n) is 9.60. The minimum atomic E-state index is -0.210. The number of fused-ring (bicyclic) bond motifs is 1. The van der Waals surface area contributed by atoms with Crippen LogP contribution in [-0.4, -0.2) is 21.3 Å². The Labute approximate surface area is 199 Å². The van der Waals surface area contributed by atoms with Crippen molar-refractivity contribution in [2.24, 2.45) is 5.92 Å². The Hall–Kier alpha value is -3.28. The fraction of sp³-hybridized carbons (Fsp3) is 0.393. The molecule has 34 heavy (non-hydrogen) atoms. The highest BCUT2D eigenvalue weighted by Crippen LogP contribution is 2.43. The van der Waals surface area contributed by atoms with Crippen molar-refractivity contribution in [1.29, 1.82) is 0 Å². The molecule has 5 rings (SSSR count). The van der Waals surface area contributed by atoms with Gasteiger partial charge in [-0.3, -0.25) is 4.98 Å². The van der Waals surface area contributed by atoms with Crippen LogP contribution in [0.25, 0.3) is 22.4 Å². The van der Waals surface area contributed by atoms with Crippen LogP contribution in [-0.2, 0) is 0 Å². The molecule has 2 aromatic heterocycles. The third-order valence-electron chi connectivity index (χ3n) is 6.96. The molecule has 2 heterocycles. The molecule has 0 bridgehead atoms. The maximum absolute atomic E-state index is 13.9. The van der Waals surface area contributed by atoms with E-state index in [4.69, 9.17) is 9.15 Å². The largest absolute Gasteiger partial charge is 0.491 e. The Kier molecular flexibility index (Phi) is 6.31. The predicted octanol–water partition coefficient (Wildman–Crippen LogP) is 7.29. The number of halogens is 1. The summed E-state index contributed by atoms with van der Waals surface area (Å²) in [7, 11) is 0. The number of hydrogen-bond donors (Lipinski definition) is 0. The van der Waals surface area contributed by atoms with E-state index in [1.165, 1.54) is 11.6 Å². The molecule has 0 aliphatic heterocycles. The molecule has 0 spiro atoms. The van der Waals surface area contributed by atoms with Crippen molar-refractivity contribution in [3.05, 3.63) is 72.0 Å². The van der Waals surface area contributed by atoms with Crippen LogP contribution in [0.4, 0.5) is 4.39 Å². The SMILES string of the molecule is CC(C)Oc1ccc(-c2nnc(C(C)C3CCC(c4ccnc5ccc(F)cc45)CC3)o2)cc1. The monoisotopic (exact) mass is 459 g/mol. The van der Waals surface area contributed by atoms with E-state index in [9.17, 15) is 4.39 Å². The van der Waals surface area contributed by atoms with Crippen molar-refractivity contribution in [2.75, 3.05) is 0 Å². The fourth-order valence-corrected chi connectivity index (χ4v) is 5.11. The van der Waals surface area contributed by atoms with E-state index in [1.54, 1.807) is 12.1 Å². The lowest BCUT2D eigenvalue weighted by Crippen LogP contribution is -2.18. The number of benzene rings is 2. The molecule has 0 N–H and O–H groups in total. The van der Waals surface area contributed by atoms with E-state index in [2.05, 4.69) is 28.2 Å². The van der Waals surface area contributed by atoms with Gasteiger partial charge in [-0.15, -0.1) is 10.2 Å². The maximum atomic E-state index is 13.9. The summed E-state index contributed by atoms with van der Waals surface area (Å²) >= 11 is 0. The zero-order valence-electron chi connectivity index (χ0n) is 19.9. The summed E-state index contributed by atoms with van der Waals surface area (Å²) in [5.41, 5.74) is 2.96. The molecule has 1 aliphatic carbocycles. The summed E-state index contributed by atoms with van der Waals surface area (Å²) in [6, 6.07) is 14.7. The van der Waals surface area contributed by atoms with E-state index >= 15 is 0 Å². The zero-order valence-corrected chi connectivity index (χ0v) is 19.9. The Bertz CT molecular complexity index is 1260. The van der Waals surface area contributed by atoms with Crippen molar-refractivity contribution in [3.8, 4) is 17.2 Å². The van der Waals surface area contributed by atoms with Crippen LogP contribution >= 0.6 is 0 Å². The van der Waals surface area contributed by atoms with Gasteiger partial charge in [0.25, 0.3) is 0 Å². The van der Waals surface area contributed by atoms with Gasteiger partial charge in [0.1, 0.15) is 11.6 Å². The lowest BCUT2D eigenvalue weighted by molar-refractivity contribution is 0.242. The summed E-state index contributed by atoms with van der Waals surface area (Å²) in [6.07, 6.45) is 6.24. The average Bonchev–Trinajstić information content (AvgIpc) is 3.34. The van der Waals surface area contributed by atoms with Crippen LogP contribution in [0.2, 0.25) is 0 Å². The van der Waals surface area contributed by atoms with E-state index in [-0.39, 0.29) is 17.8 Å². The molecule has 1 aliphatic rings. The highest BCUT2D eigenvalue weighted by Gasteiger charge is 2.30. The molecule has 6 heteroatoms. The first-order valence-electron chi connectivity index (χ1n) is 12.1. The van der Waals surface area contributed by atoms with E-state index in [0.717, 1.165) is 47.9 Å². The molecule has 2 aromatic carbocycles. The van der Waals surface area contributed by atoms with Crippen molar-refractivity contribution >= 4 is 10.9 Å². The number of nitrogens with zero attached hydrogens (tertiary/aromatic N) is 3. The van der Waals surface area contributed by atoms with Gasteiger partial charge in [-0.1, -0.05) is 6.92 Å². The normalized spacial score (nSPS) is 19.4. The van der Waals surface area contributed by atoms with E-state index in [1.807, 2.05) is 44.3 Å². The van der Waals surface area contributed by atoms with Gasteiger partial charge >= 0.3 is 0 Å². The van der Waals surface area contributed by atoms with Crippen LogP contribution in [0.5, 0.6) is 5.75 Å². The van der Waals surface area contributed by atoms with Gasteiger partial charge in [0, 0.05) is 23.1 Å². The lowest BCUT2D eigenvalue weighted by atomic mass is 9.74. The summed E-state index contributed by atoms with van der Waals surface area (Å²) in [4.78, 5) is 4.40. The van der Waals surface area contributed by atoms with Crippen LogP contribution in [0.3, 0.4) is 0 Å². The molecule has 1 saturated carbocycles. The first kappa shape index (κ1) is 22.5.